The minimum Gasteiger partial charge on any atom is -0.863 e. The van der Waals surface area contributed by atoms with E-state index in [9.17, 15) is 35.4 Å². The van der Waals surface area contributed by atoms with Crippen molar-refractivity contribution < 1.29 is 24.3 Å². The van der Waals surface area contributed by atoms with Gasteiger partial charge in [-0.3, -0.25) is 30.3 Å². The van der Waals surface area contributed by atoms with Crippen LogP contribution in [0.5, 0.6) is 5.75 Å². The van der Waals surface area contributed by atoms with Gasteiger partial charge in [-0.1, -0.05) is 66.7 Å². The lowest BCUT2D eigenvalue weighted by Gasteiger charge is -2.12. The maximum absolute atomic E-state index is 11.1. The summed E-state index contributed by atoms with van der Waals surface area (Å²) in [6.45, 7) is 0. The molecule has 0 radical (unpaired) electrons. The van der Waals surface area contributed by atoms with Crippen molar-refractivity contribution in [2.24, 2.45) is 0 Å². The van der Waals surface area contributed by atoms with Gasteiger partial charge in [-0.05, 0) is 44.5 Å². The smallest absolute Gasteiger partial charge is 0.362 e. The minimum absolute atomic E-state index is 0.384. The Morgan fingerprint density at radius 2 is 1.00 bits per heavy atom. The van der Waals surface area contributed by atoms with Gasteiger partial charge < -0.3 is 5.11 Å². The summed E-state index contributed by atoms with van der Waals surface area (Å²) in [6, 6.07) is 33.3. The van der Waals surface area contributed by atoms with E-state index in [1.165, 1.54) is 53.9 Å². The molecule has 0 amide bonds. The number of hydrogen-bond acceptors (Lipinski definition) is 7. The van der Waals surface area contributed by atoms with E-state index >= 15 is 0 Å². The predicted octanol–water partition coefficient (Wildman–Crippen LogP) is 8.40. The lowest BCUT2D eigenvalue weighted by molar-refractivity contribution is -0.420. The van der Waals surface area contributed by atoms with Crippen LogP contribution < -0.4 is 5.11 Å². The quantitative estimate of drug-likeness (QED) is 0.0657. The van der Waals surface area contributed by atoms with Gasteiger partial charge in [-0.15, -0.1) is 0 Å². The molecule has 0 atom stereocenters. The number of non-ortho nitro benzene ring substituents is 1. The molecule has 7 aromatic carbocycles. The summed E-state index contributed by atoms with van der Waals surface area (Å²) in [5, 5.41) is 54.8. The van der Waals surface area contributed by atoms with Crippen molar-refractivity contribution in [3.8, 4) is 5.75 Å². The summed E-state index contributed by atoms with van der Waals surface area (Å²) in [5.41, 5.74) is -1.37. The highest BCUT2D eigenvalue weighted by Gasteiger charge is 2.25. The number of hydrogen-bond donors (Lipinski definition) is 0. The van der Waals surface area contributed by atoms with Crippen LogP contribution in [0.25, 0.3) is 65.0 Å². The molecule has 0 aliphatic carbocycles. The number of nitro benzene ring substituents is 3. The topological polar surface area (TPSA) is 164 Å². The van der Waals surface area contributed by atoms with Crippen LogP contribution in [-0.4, -0.2) is 14.8 Å². The number of fused-ring (bicyclic) bond motifs is 7. The largest absolute Gasteiger partial charge is 0.863 e. The molecule has 11 heteroatoms. The maximum Gasteiger partial charge on any atom is 0.362 e. The fourth-order valence-electron chi connectivity index (χ4n) is 5.92. The van der Waals surface area contributed by atoms with E-state index in [1.54, 1.807) is 0 Å². The zero-order valence-corrected chi connectivity index (χ0v) is 22.4. The minimum atomic E-state index is -1.46. The van der Waals surface area contributed by atoms with E-state index in [2.05, 4.69) is 91.0 Å². The van der Waals surface area contributed by atoms with Crippen molar-refractivity contribution in [2.45, 2.75) is 0 Å². The van der Waals surface area contributed by atoms with Gasteiger partial charge in [0.1, 0.15) is 0 Å². The zero-order valence-electron chi connectivity index (χ0n) is 22.4. The number of nitrogens with zero attached hydrogens (tertiary/aromatic N) is 3. The van der Waals surface area contributed by atoms with Gasteiger partial charge in [0, 0.05) is 22.9 Å². The van der Waals surface area contributed by atoms with Gasteiger partial charge in [0.15, 0.2) is 0 Å². The summed E-state index contributed by atoms with van der Waals surface area (Å²) in [5.74, 6) is -1.46. The van der Waals surface area contributed by atoms with E-state index in [4.69, 9.17) is 4.42 Å². The van der Waals surface area contributed by atoms with Gasteiger partial charge in [0.25, 0.3) is 17.1 Å². The van der Waals surface area contributed by atoms with E-state index in [0.29, 0.717) is 12.1 Å². The third-order valence-electron chi connectivity index (χ3n) is 7.74. The zero-order chi connectivity index (χ0) is 30.7. The first-order chi connectivity index (χ1) is 21.2. The highest BCUT2D eigenvalue weighted by atomic mass is 16.6. The van der Waals surface area contributed by atoms with Crippen molar-refractivity contribution in [1.82, 2.24) is 0 Å². The summed E-state index contributed by atoms with van der Waals surface area (Å²) < 4.78 is 6.45. The van der Waals surface area contributed by atoms with Crippen molar-refractivity contribution in [2.75, 3.05) is 0 Å². The highest BCUT2D eigenvalue weighted by Crippen LogP contribution is 2.45. The Bertz CT molecular complexity index is 2450. The first-order valence-electron chi connectivity index (χ1n) is 13.3. The van der Waals surface area contributed by atoms with Crippen LogP contribution in [0.4, 0.5) is 17.1 Å². The molecule has 0 bridgehead atoms. The van der Waals surface area contributed by atoms with E-state index in [0.717, 1.165) is 11.2 Å². The Hall–Kier alpha value is -6.49. The van der Waals surface area contributed by atoms with Gasteiger partial charge in [0.05, 0.1) is 43.4 Å². The molecular weight excluding hydrogens is 566 g/mol. The molecule has 0 fully saturated rings. The van der Waals surface area contributed by atoms with Crippen LogP contribution in [0.3, 0.4) is 0 Å². The standard InChI is InChI=1S/C27H15O.C6H3N3O7/c1-2-8-18-16(6-1)12-14-22-25(18)26-21-10-4-3-9-19(21)20-11-5-7-17-13-15-23(28-22)27(26)24(17)20;10-6-4(8(13)14)1-3(7(11)12)2-5(6)9(15)16/h1-15H;1-2,10H/q+1;/p-1. The summed E-state index contributed by atoms with van der Waals surface area (Å²) >= 11 is 0. The Morgan fingerprint density at radius 1 is 0.477 bits per heavy atom. The molecule has 1 aromatic heterocycles. The van der Waals surface area contributed by atoms with Gasteiger partial charge >= 0.3 is 11.2 Å². The number of nitro groups is 3. The molecule has 212 valence electrons. The molecule has 0 saturated carbocycles. The molecule has 0 aliphatic heterocycles. The molecule has 1 heterocycles. The second-order valence-electron chi connectivity index (χ2n) is 10.1. The third kappa shape index (κ3) is 3.95. The van der Waals surface area contributed by atoms with Crippen LogP contribution in [0.15, 0.2) is 108 Å². The molecular formula is C33H17N3O8. The second-order valence-corrected chi connectivity index (χ2v) is 10.1. The van der Waals surface area contributed by atoms with Gasteiger partial charge in [-0.25, -0.2) is 4.42 Å². The molecule has 0 spiro atoms. The fourth-order valence-corrected chi connectivity index (χ4v) is 5.92. The van der Waals surface area contributed by atoms with Crippen molar-refractivity contribution >= 4 is 82.1 Å². The lowest BCUT2D eigenvalue weighted by atomic mass is 9.89. The van der Waals surface area contributed by atoms with Crippen LogP contribution in [-0.2, 0) is 0 Å². The fraction of sp³-hybridized carbons (Fsp3) is 0. The predicted molar refractivity (Wildman–Crippen MR) is 165 cm³/mol. The Balaban J connectivity index is 0.000000169. The molecule has 0 unspecified atom stereocenters. The van der Waals surface area contributed by atoms with E-state index in [1.807, 2.05) is 0 Å². The van der Waals surface area contributed by atoms with Crippen molar-refractivity contribution in [1.29, 1.82) is 0 Å². The monoisotopic (exact) mass is 583 g/mol. The second kappa shape index (κ2) is 9.81. The first-order valence-corrected chi connectivity index (χ1v) is 13.3. The van der Waals surface area contributed by atoms with E-state index in [-0.39, 0.29) is 0 Å². The van der Waals surface area contributed by atoms with Crippen LogP contribution in [0.2, 0.25) is 0 Å². The average molecular weight is 584 g/mol. The maximum atomic E-state index is 11.1. The Morgan fingerprint density at radius 3 is 1.66 bits per heavy atom. The number of rotatable bonds is 3. The summed E-state index contributed by atoms with van der Waals surface area (Å²) in [7, 11) is 0. The van der Waals surface area contributed by atoms with Crippen LogP contribution in [0.1, 0.15) is 0 Å². The third-order valence-corrected chi connectivity index (χ3v) is 7.74. The number of benzene rings is 7. The van der Waals surface area contributed by atoms with Gasteiger partial charge in [-0.2, -0.15) is 0 Å². The molecule has 8 rings (SSSR count). The SMILES string of the molecule is O=[N+]([O-])c1cc([N+](=O)[O-])c([O-])c([N+](=O)[O-])c1.c1ccc2c(c1)ccc1[o+]c3ccc4cccc5c6ccccc6c(c12)c3c45. The van der Waals surface area contributed by atoms with Gasteiger partial charge in [0.2, 0.25) is 0 Å². The van der Waals surface area contributed by atoms with Crippen molar-refractivity contribution in [3.05, 3.63) is 133 Å². The molecule has 0 N–H and O–H groups in total. The van der Waals surface area contributed by atoms with Crippen LogP contribution in [0, 0.1) is 30.3 Å². The first kappa shape index (κ1) is 26.4. The Labute approximate surface area is 245 Å². The highest BCUT2D eigenvalue weighted by molar-refractivity contribution is 6.39. The van der Waals surface area contributed by atoms with E-state index < -0.39 is 37.6 Å². The summed E-state index contributed by atoms with van der Waals surface area (Å²) in [4.78, 5) is 27.5. The summed E-state index contributed by atoms with van der Waals surface area (Å²) in [6.07, 6.45) is 0. The Kier molecular flexibility index (Phi) is 5.89. The lowest BCUT2D eigenvalue weighted by Crippen LogP contribution is -2.04. The average Bonchev–Trinajstić information content (AvgIpc) is 3.03. The van der Waals surface area contributed by atoms with Crippen LogP contribution >= 0.6 is 0 Å². The molecule has 0 saturated heterocycles. The molecule has 11 nitrogen and oxygen atoms in total. The van der Waals surface area contributed by atoms with Crippen molar-refractivity contribution in [3.63, 3.8) is 0 Å². The normalized spacial score (nSPS) is 11.4. The molecule has 44 heavy (non-hydrogen) atoms. The molecule has 8 aromatic rings. The molecule has 0 aliphatic rings.